The lowest BCUT2D eigenvalue weighted by molar-refractivity contribution is 0.0931. The first-order valence-electron chi connectivity index (χ1n) is 6.39. The lowest BCUT2D eigenvalue weighted by atomic mass is 10.0. The third-order valence-electron chi connectivity index (χ3n) is 3.00. The highest BCUT2D eigenvalue weighted by Gasteiger charge is 2.17. The largest absolute Gasteiger partial charge is 0.384 e. The summed E-state index contributed by atoms with van der Waals surface area (Å²) in [7, 11) is 0. The van der Waals surface area contributed by atoms with Gasteiger partial charge >= 0.3 is 0 Å². The summed E-state index contributed by atoms with van der Waals surface area (Å²) in [5.74, 6) is -0.0506. The highest BCUT2D eigenvalue weighted by molar-refractivity contribution is 6.33. The monoisotopic (exact) mass is 289 g/mol. The molecule has 3 N–H and O–H groups in total. The van der Waals surface area contributed by atoms with Gasteiger partial charge in [0.05, 0.1) is 11.1 Å². The van der Waals surface area contributed by atoms with Crippen LogP contribution in [0.15, 0.2) is 42.5 Å². The van der Waals surface area contributed by atoms with Gasteiger partial charge in [-0.05, 0) is 24.1 Å². The zero-order valence-electron chi connectivity index (χ0n) is 11.1. The van der Waals surface area contributed by atoms with Crippen molar-refractivity contribution < 1.29 is 4.79 Å². The Labute approximate surface area is 123 Å². The molecule has 0 radical (unpaired) electrons. The van der Waals surface area contributed by atoms with E-state index in [0.29, 0.717) is 5.02 Å². The minimum absolute atomic E-state index is 0.0806. The molecule has 5 heteroatoms. The van der Waals surface area contributed by atoms with E-state index < -0.39 is 0 Å². The van der Waals surface area contributed by atoms with E-state index in [1.54, 1.807) is 12.1 Å². The number of amides is 1. The zero-order chi connectivity index (χ0) is 14.5. The van der Waals surface area contributed by atoms with Crippen molar-refractivity contribution in [2.24, 2.45) is 0 Å². The van der Waals surface area contributed by atoms with Crippen LogP contribution in [0.25, 0.3) is 0 Å². The molecule has 0 aliphatic heterocycles. The van der Waals surface area contributed by atoms with Gasteiger partial charge < -0.3 is 11.1 Å². The van der Waals surface area contributed by atoms with Gasteiger partial charge in [-0.1, -0.05) is 48.9 Å². The molecule has 20 heavy (non-hydrogen) atoms. The smallest absolute Gasteiger partial charge is 0.272 e. The number of carbonyl (C=O) groups excluding carboxylic acids is 1. The SMILES string of the molecule is CCC(NC(=O)c1nc(N)ccc1Cl)c1ccccc1. The molecule has 1 heterocycles. The molecule has 4 nitrogen and oxygen atoms in total. The number of rotatable bonds is 4. The first kappa shape index (κ1) is 14.3. The molecule has 2 rings (SSSR count). The van der Waals surface area contributed by atoms with Gasteiger partial charge in [0.15, 0.2) is 0 Å². The lowest BCUT2D eigenvalue weighted by Gasteiger charge is -2.17. The number of nitrogens with one attached hydrogen (secondary N) is 1. The summed E-state index contributed by atoms with van der Waals surface area (Å²) < 4.78 is 0. The highest BCUT2D eigenvalue weighted by atomic mass is 35.5. The highest BCUT2D eigenvalue weighted by Crippen LogP contribution is 2.19. The number of hydrogen-bond donors (Lipinski definition) is 2. The van der Waals surface area contributed by atoms with E-state index in [-0.39, 0.29) is 23.5 Å². The molecule has 0 aliphatic rings. The van der Waals surface area contributed by atoms with Crippen LogP contribution in [0.3, 0.4) is 0 Å². The van der Waals surface area contributed by atoms with E-state index in [2.05, 4.69) is 10.3 Å². The second-order valence-corrected chi connectivity index (χ2v) is 4.82. The summed E-state index contributed by atoms with van der Waals surface area (Å²) in [5.41, 5.74) is 6.79. The van der Waals surface area contributed by atoms with Gasteiger partial charge in [-0.2, -0.15) is 0 Å². The molecule has 1 unspecified atom stereocenters. The fraction of sp³-hybridized carbons (Fsp3) is 0.200. The number of nitrogens with zero attached hydrogens (tertiary/aromatic N) is 1. The van der Waals surface area contributed by atoms with Crippen molar-refractivity contribution in [2.45, 2.75) is 19.4 Å². The van der Waals surface area contributed by atoms with Crippen molar-refractivity contribution in [3.63, 3.8) is 0 Å². The van der Waals surface area contributed by atoms with E-state index in [9.17, 15) is 4.79 Å². The van der Waals surface area contributed by atoms with E-state index in [1.165, 1.54) is 0 Å². The summed E-state index contributed by atoms with van der Waals surface area (Å²) in [6, 6.07) is 12.8. The third kappa shape index (κ3) is 3.27. The molecule has 0 aliphatic carbocycles. The molecular weight excluding hydrogens is 274 g/mol. The fourth-order valence-electron chi connectivity index (χ4n) is 1.95. The quantitative estimate of drug-likeness (QED) is 0.908. The van der Waals surface area contributed by atoms with Crippen LogP contribution in [0.1, 0.15) is 35.4 Å². The van der Waals surface area contributed by atoms with Crippen molar-refractivity contribution in [3.05, 3.63) is 58.7 Å². The predicted molar refractivity (Wildman–Crippen MR) is 80.6 cm³/mol. The van der Waals surface area contributed by atoms with E-state index in [0.717, 1.165) is 12.0 Å². The average Bonchev–Trinajstić information content (AvgIpc) is 2.48. The number of aromatic nitrogens is 1. The number of halogens is 1. The topological polar surface area (TPSA) is 68.0 Å². The molecule has 0 saturated heterocycles. The van der Waals surface area contributed by atoms with E-state index in [1.807, 2.05) is 37.3 Å². The van der Waals surface area contributed by atoms with Crippen molar-refractivity contribution in [3.8, 4) is 0 Å². The molecule has 1 aromatic heterocycles. The summed E-state index contributed by atoms with van der Waals surface area (Å²) in [5, 5.41) is 3.22. The molecule has 0 spiro atoms. The molecule has 0 fully saturated rings. The number of benzene rings is 1. The van der Waals surface area contributed by atoms with Crippen molar-refractivity contribution in [2.75, 3.05) is 5.73 Å². The second-order valence-electron chi connectivity index (χ2n) is 4.41. The molecule has 0 saturated carbocycles. The maximum absolute atomic E-state index is 12.2. The van der Waals surface area contributed by atoms with E-state index >= 15 is 0 Å². The normalized spacial score (nSPS) is 11.9. The first-order chi connectivity index (χ1) is 9.61. The molecule has 2 aromatic rings. The Balaban J connectivity index is 2.20. The minimum atomic E-state index is -0.321. The van der Waals surface area contributed by atoms with Crippen LogP contribution < -0.4 is 11.1 Å². The Bertz CT molecular complexity index is 601. The van der Waals surface area contributed by atoms with Crippen molar-refractivity contribution in [1.29, 1.82) is 0 Å². The Morgan fingerprint density at radius 2 is 2.00 bits per heavy atom. The van der Waals surface area contributed by atoms with Crippen LogP contribution in [0.4, 0.5) is 5.82 Å². The number of carbonyl (C=O) groups is 1. The van der Waals surface area contributed by atoms with Crippen LogP contribution in [-0.4, -0.2) is 10.9 Å². The second kappa shape index (κ2) is 6.39. The van der Waals surface area contributed by atoms with Crippen LogP contribution in [0, 0.1) is 0 Å². The number of nitrogens with two attached hydrogens (primary N) is 1. The van der Waals surface area contributed by atoms with Gasteiger partial charge in [0.25, 0.3) is 5.91 Å². The maximum atomic E-state index is 12.2. The summed E-state index contributed by atoms with van der Waals surface area (Å²) in [6.45, 7) is 2.01. The molecule has 1 atom stereocenters. The first-order valence-corrected chi connectivity index (χ1v) is 6.77. The number of hydrogen-bond acceptors (Lipinski definition) is 3. The van der Waals surface area contributed by atoms with Gasteiger partial charge in [-0.15, -0.1) is 0 Å². The van der Waals surface area contributed by atoms with Crippen LogP contribution in [-0.2, 0) is 0 Å². The summed E-state index contributed by atoms with van der Waals surface area (Å²) >= 11 is 5.98. The Morgan fingerprint density at radius 3 is 2.65 bits per heavy atom. The molecule has 1 amide bonds. The van der Waals surface area contributed by atoms with Crippen molar-refractivity contribution >= 4 is 23.3 Å². The predicted octanol–water partition coefficient (Wildman–Crippen LogP) is 3.20. The lowest BCUT2D eigenvalue weighted by Crippen LogP contribution is -2.29. The van der Waals surface area contributed by atoms with Gasteiger partial charge in [-0.25, -0.2) is 4.98 Å². The van der Waals surface area contributed by atoms with Crippen LogP contribution in [0.2, 0.25) is 5.02 Å². The Morgan fingerprint density at radius 1 is 1.30 bits per heavy atom. The summed E-state index contributed by atoms with van der Waals surface area (Å²) in [6.07, 6.45) is 0.774. The molecule has 0 bridgehead atoms. The number of anilines is 1. The van der Waals surface area contributed by atoms with Gasteiger partial charge in [-0.3, -0.25) is 4.79 Å². The average molecular weight is 290 g/mol. The maximum Gasteiger partial charge on any atom is 0.272 e. The Hall–Kier alpha value is -2.07. The van der Waals surface area contributed by atoms with Gasteiger partial charge in [0.2, 0.25) is 0 Å². The Kier molecular flexibility index (Phi) is 4.58. The third-order valence-corrected chi connectivity index (χ3v) is 3.30. The molecule has 104 valence electrons. The number of pyridine rings is 1. The minimum Gasteiger partial charge on any atom is -0.384 e. The van der Waals surface area contributed by atoms with E-state index in [4.69, 9.17) is 17.3 Å². The van der Waals surface area contributed by atoms with Crippen molar-refractivity contribution in [1.82, 2.24) is 10.3 Å². The number of nitrogen functional groups attached to an aromatic ring is 1. The zero-order valence-corrected chi connectivity index (χ0v) is 11.9. The van der Waals surface area contributed by atoms with Crippen LogP contribution >= 0.6 is 11.6 Å². The fourth-order valence-corrected chi connectivity index (χ4v) is 2.14. The van der Waals surface area contributed by atoms with Crippen LogP contribution in [0.5, 0.6) is 0 Å². The molecule has 1 aromatic carbocycles. The van der Waals surface area contributed by atoms with Gasteiger partial charge in [0.1, 0.15) is 11.5 Å². The standard InChI is InChI=1S/C15H16ClN3O/c1-2-12(10-6-4-3-5-7-10)18-15(20)14-11(16)8-9-13(17)19-14/h3-9,12H,2H2,1H3,(H2,17,19)(H,18,20). The molecular formula is C15H16ClN3O. The summed E-state index contributed by atoms with van der Waals surface area (Å²) in [4.78, 5) is 16.2. The van der Waals surface area contributed by atoms with Gasteiger partial charge in [0, 0.05) is 0 Å².